The van der Waals surface area contributed by atoms with E-state index in [0.29, 0.717) is 6.54 Å². The summed E-state index contributed by atoms with van der Waals surface area (Å²) in [6.45, 7) is 2.50. The van der Waals surface area contributed by atoms with Crippen LogP contribution in [0.25, 0.3) is 0 Å². The van der Waals surface area contributed by atoms with E-state index < -0.39 is 15.9 Å². The van der Waals surface area contributed by atoms with E-state index in [2.05, 4.69) is 10.3 Å². The molecule has 1 fully saturated rings. The van der Waals surface area contributed by atoms with Gasteiger partial charge >= 0.3 is 0 Å². The van der Waals surface area contributed by atoms with E-state index in [4.69, 9.17) is 0 Å². The molecule has 1 aromatic rings. The first-order valence-corrected chi connectivity index (χ1v) is 7.31. The molecule has 2 rings (SSSR count). The van der Waals surface area contributed by atoms with Crippen molar-refractivity contribution >= 4 is 9.84 Å². The molecule has 1 aliphatic rings. The van der Waals surface area contributed by atoms with Crippen molar-refractivity contribution in [1.29, 1.82) is 0 Å². The average Bonchev–Trinajstić information content (AvgIpc) is 2.51. The fraction of sp³-hybridized carbons (Fsp3) is 0.545. The van der Waals surface area contributed by atoms with Gasteiger partial charge in [0.25, 0.3) is 0 Å². The minimum absolute atomic E-state index is 0.00742. The molecule has 0 saturated carbocycles. The fourth-order valence-corrected chi connectivity index (χ4v) is 3.72. The van der Waals surface area contributed by atoms with E-state index in [9.17, 15) is 13.5 Å². The van der Waals surface area contributed by atoms with Crippen molar-refractivity contribution < 1.29 is 13.5 Å². The van der Waals surface area contributed by atoms with Gasteiger partial charge in [-0.05, 0) is 24.1 Å². The van der Waals surface area contributed by atoms with Crippen molar-refractivity contribution in [2.75, 3.05) is 11.5 Å². The Balaban J connectivity index is 1.98. The van der Waals surface area contributed by atoms with Gasteiger partial charge in [-0.2, -0.15) is 0 Å². The van der Waals surface area contributed by atoms with Gasteiger partial charge in [0.05, 0.1) is 17.6 Å². The zero-order chi connectivity index (χ0) is 12.5. The van der Waals surface area contributed by atoms with Gasteiger partial charge in [-0.3, -0.25) is 4.98 Å². The quantitative estimate of drug-likeness (QED) is 0.772. The standard InChI is InChI=1S/C11H16N2O3S/c1-8-2-3-12-4-9(8)5-13-10-6-17(15,16)7-11(10)14/h2-4,10-11,13-14H,5-7H2,1H3. The van der Waals surface area contributed by atoms with Crippen LogP contribution in [0.1, 0.15) is 11.1 Å². The summed E-state index contributed by atoms with van der Waals surface area (Å²) in [5.74, 6) is -0.135. The third kappa shape index (κ3) is 3.02. The Morgan fingerprint density at radius 1 is 1.53 bits per heavy atom. The summed E-state index contributed by atoms with van der Waals surface area (Å²) in [4.78, 5) is 4.02. The number of hydrogen-bond acceptors (Lipinski definition) is 5. The van der Waals surface area contributed by atoms with Crippen molar-refractivity contribution in [3.05, 3.63) is 29.6 Å². The summed E-state index contributed by atoms with van der Waals surface area (Å²) in [7, 11) is -3.09. The predicted octanol–water partition coefficient (Wildman–Crippen LogP) is -0.362. The highest BCUT2D eigenvalue weighted by molar-refractivity contribution is 7.91. The molecule has 2 atom stereocenters. The summed E-state index contributed by atoms with van der Waals surface area (Å²) in [5.41, 5.74) is 2.12. The maximum absolute atomic E-state index is 11.3. The lowest BCUT2D eigenvalue weighted by molar-refractivity contribution is 0.165. The molecule has 0 aromatic carbocycles. The third-order valence-corrected chi connectivity index (χ3v) is 4.74. The van der Waals surface area contributed by atoms with E-state index in [1.165, 1.54) is 0 Å². The van der Waals surface area contributed by atoms with Gasteiger partial charge < -0.3 is 10.4 Å². The van der Waals surface area contributed by atoms with Crippen LogP contribution in [-0.2, 0) is 16.4 Å². The third-order valence-electron chi connectivity index (χ3n) is 3.02. The van der Waals surface area contributed by atoms with E-state index in [-0.39, 0.29) is 17.5 Å². The highest BCUT2D eigenvalue weighted by Crippen LogP contribution is 2.13. The molecule has 1 aromatic heterocycles. The molecule has 1 aliphatic heterocycles. The van der Waals surface area contributed by atoms with Crippen molar-refractivity contribution in [3.8, 4) is 0 Å². The Hall–Kier alpha value is -0.980. The normalized spacial score (nSPS) is 27.2. The Labute approximate surface area is 101 Å². The van der Waals surface area contributed by atoms with Crippen molar-refractivity contribution in [2.24, 2.45) is 0 Å². The van der Waals surface area contributed by atoms with Crippen LogP contribution in [0.4, 0.5) is 0 Å². The van der Waals surface area contributed by atoms with E-state index >= 15 is 0 Å². The van der Waals surface area contributed by atoms with Crippen LogP contribution in [0.5, 0.6) is 0 Å². The van der Waals surface area contributed by atoms with Crippen LogP contribution in [-0.4, -0.2) is 42.2 Å². The molecule has 2 heterocycles. The fourth-order valence-electron chi connectivity index (χ4n) is 1.95. The van der Waals surface area contributed by atoms with Gasteiger partial charge in [-0.15, -0.1) is 0 Å². The largest absolute Gasteiger partial charge is 0.390 e. The summed E-state index contributed by atoms with van der Waals surface area (Å²) in [5, 5.41) is 12.7. The first kappa shape index (κ1) is 12.5. The van der Waals surface area contributed by atoms with Gasteiger partial charge in [0.1, 0.15) is 0 Å². The molecule has 5 nitrogen and oxygen atoms in total. The van der Waals surface area contributed by atoms with Crippen molar-refractivity contribution in [1.82, 2.24) is 10.3 Å². The Morgan fingerprint density at radius 3 is 2.88 bits per heavy atom. The SMILES string of the molecule is Cc1ccncc1CNC1CS(=O)(=O)CC1O. The molecule has 6 heteroatoms. The smallest absolute Gasteiger partial charge is 0.154 e. The van der Waals surface area contributed by atoms with Gasteiger partial charge in [0.15, 0.2) is 9.84 Å². The molecule has 1 saturated heterocycles. The Kier molecular flexibility index (Phi) is 3.46. The highest BCUT2D eigenvalue weighted by Gasteiger charge is 2.35. The lowest BCUT2D eigenvalue weighted by atomic mass is 10.1. The maximum atomic E-state index is 11.3. The number of nitrogens with zero attached hydrogens (tertiary/aromatic N) is 1. The number of nitrogens with one attached hydrogen (secondary N) is 1. The summed E-state index contributed by atoms with van der Waals surface area (Å²) >= 11 is 0. The van der Waals surface area contributed by atoms with Crippen LogP contribution in [0.15, 0.2) is 18.5 Å². The summed E-state index contributed by atoms with van der Waals surface area (Å²) in [6, 6.07) is 1.53. The maximum Gasteiger partial charge on any atom is 0.154 e. The number of rotatable bonds is 3. The summed E-state index contributed by atoms with van der Waals surface area (Å²) < 4.78 is 22.6. The number of sulfone groups is 1. The van der Waals surface area contributed by atoms with Crippen LogP contribution in [0, 0.1) is 6.92 Å². The number of pyridine rings is 1. The number of aryl methyl sites for hydroxylation is 1. The van der Waals surface area contributed by atoms with Crippen molar-refractivity contribution in [3.63, 3.8) is 0 Å². The minimum atomic E-state index is -3.09. The van der Waals surface area contributed by atoms with Crippen molar-refractivity contribution in [2.45, 2.75) is 25.6 Å². The van der Waals surface area contributed by atoms with Crippen LogP contribution >= 0.6 is 0 Å². The Morgan fingerprint density at radius 2 is 2.29 bits per heavy atom. The van der Waals surface area contributed by atoms with Crippen LogP contribution in [0.3, 0.4) is 0 Å². The average molecular weight is 256 g/mol. The molecule has 0 radical (unpaired) electrons. The van der Waals surface area contributed by atoms with E-state index in [0.717, 1.165) is 11.1 Å². The monoisotopic (exact) mass is 256 g/mol. The first-order valence-electron chi connectivity index (χ1n) is 5.49. The van der Waals surface area contributed by atoms with Gasteiger partial charge in [0, 0.05) is 25.0 Å². The van der Waals surface area contributed by atoms with Gasteiger partial charge in [0.2, 0.25) is 0 Å². The van der Waals surface area contributed by atoms with Gasteiger partial charge in [-0.1, -0.05) is 0 Å². The second kappa shape index (κ2) is 4.72. The first-order chi connectivity index (χ1) is 7.98. The van der Waals surface area contributed by atoms with E-state index in [1.807, 2.05) is 13.0 Å². The van der Waals surface area contributed by atoms with E-state index in [1.54, 1.807) is 12.4 Å². The molecule has 0 amide bonds. The molecule has 94 valence electrons. The zero-order valence-electron chi connectivity index (χ0n) is 9.63. The number of aliphatic hydroxyl groups excluding tert-OH is 1. The molecular formula is C11H16N2O3S. The highest BCUT2D eigenvalue weighted by atomic mass is 32.2. The minimum Gasteiger partial charge on any atom is -0.390 e. The molecule has 0 spiro atoms. The zero-order valence-corrected chi connectivity index (χ0v) is 10.4. The molecule has 0 aliphatic carbocycles. The van der Waals surface area contributed by atoms with Crippen LogP contribution in [0.2, 0.25) is 0 Å². The second-order valence-corrected chi connectivity index (χ2v) is 6.59. The molecule has 2 unspecified atom stereocenters. The second-order valence-electron chi connectivity index (χ2n) is 4.43. The summed E-state index contributed by atoms with van der Waals surface area (Å²) in [6.07, 6.45) is 2.66. The number of hydrogen-bond donors (Lipinski definition) is 2. The van der Waals surface area contributed by atoms with Crippen LogP contribution < -0.4 is 5.32 Å². The predicted molar refractivity (Wildman–Crippen MR) is 64.3 cm³/mol. The molecule has 17 heavy (non-hydrogen) atoms. The molecule has 0 bridgehead atoms. The topological polar surface area (TPSA) is 79.3 Å². The van der Waals surface area contributed by atoms with Gasteiger partial charge in [-0.25, -0.2) is 8.42 Å². The lowest BCUT2D eigenvalue weighted by Crippen LogP contribution is -2.38. The lowest BCUT2D eigenvalue weighted by Gasteiger charge is -2.15. The number of aliphatic hydroxyl groups is 1. The number of aromatic nitrogens is 1. The molecular weight excluding hydrogens is 240 g/mol. The Bertz CT molecular complexity index is 501. The molecule has 2 N–H and O–H groups in total.